The molecule has 1 heterocycles. The number of nitrogens with zero attached hydrogens (tertiary/aromatic N) is 2. The molecule has 2 atom stereocenters. The number of rotatable bonds is 2. The molecule has 82 valence electrons. The molecule has 2 rings (SSSR count). The lowest BCUT2D eigenvalue weighted by Gasteiger charge is -2.15. The van der Waals surface area contributed by atoms with Crippen molar-refractivity contribution in [1.29, 1.82) is 0 Å². The van der Waals surface area contributed by atoms with Gasteiger partial charge in [0, 0.05) is 18.0 Å². The third-order valence-corrected chi connectivity index (χ3v) is 2.99. The summed E-state index contributed by atoms with van der Waals surface area (Å²) in [7, 11) is 1.63. The summed E-state index contributed by atoms with van der Waals surface area (Å²) in [6.45, 7) is 1.88. The summed E-state index contributed by atoms with van der Waals surface area (Å²) in [4.78, 5) is 8.62. The second kappa shape index (κ2) is 4.14. The third kappa shape index (κ3) is 2.09. The molecule has 15 heavy (non-hydrogen) atoms. The van der Waals surface area contributed by atoms with E-state index in [1.54, 1.807) is 7.11 Å². The predicted molar refractivity (Wildman–Crippen MR) is 57.9 cm³/mol. The zero-order valence-electron chi connectivity index (χ0n) is 9.23. The van der Waals surface area contributed by atoms with Crippen LogP contribution in [-0.2, 0) is 0 Å². The smallest absolute Gasteiger partial charge is 0.216 e. The van der Waals surface area contributed by atoms with E-state index in [1.807, 2.05) is 13.0 Å². The van der Waals surface area contributed by atoms with Gasteiger partial charge in [0.1, 0.15) is 5.82 Å². The first-order chi connectivity index (χ1) is 7.20. The van der Waals surface area contributed by atoms with Crippen LogP contribution >= 0.6 is 0 Å². The Hall–Kier alpha value is -1.16. The van der Waals surface area contributed by atoms with Crippen LogP contribution in [0.1, 0.15) is 36.7 Å². The van der Waals surface area contributed by atoms with E-state index in [4.69, 9.17) is 10.5 Å². The normalized spacial score (nSPS) is 25.5. The van der Waals surface area contributed by atoms with Crippen molar-refractivity contribution in [3.05, 3.63) is 17.6 Å². The van der Waals surface area contributed by atoms with Gasteiger partial charge in [0.05, 0.1) is 12.8 Å². The van der Waals surface area contributed by atoms with Gasteiger partial charge in [0.2, 0.25) is 5.88 Å². The largest absolute Gasteiger partial charge is 0.481 e. The Labute approximate surface area is 89.9 Å². The highest BCUT2D eigenvalue weighted by atomic mass is 16.5. The molecule has 0 aromatic carbocycles. The molecular weight excluding hydrogens is 190 g/mol. The first-order valence-electron chi connectivity index (χ1n) is 5.36. The van der Waals surface area contributed by atoms with Crippen LogP contribution in [0.15, 0.2) is 6.07 Å². The van der Waals surface area contributed by atoms with Crippen molar-refractivity contribution in [2.75, 3.05) is 7.11 Å². The van der Waals surface area contributed by atoms with Crippen LogP contribution in [0.25, 0.3) is 0 Å². The van der Waals surface area contributed by atoms with E-state index in [1.165, 1.54) is 6.42 Å². The third-order valence-electron chi connectivity index (χ3n) is 2.99. The van der Waals surface area contributed by atoms with Crippen LogP contribution in [0, 0.1) is 6.92 Å². The summed E-state index contributed by atoms with van der Waals surface area (Å²) in [5.41, 5.74) is 7.08. The van der Waals surface area contributed by atoms with Crippen LogP contribution in [0.3, 0.4) is 0 Å². The topological polar surface area (TPSA) is 61.0 Å². The molecule has 0 amide bonds. The minimum atomic E-state index is 0.240. The molecule has 1 aromatic heterocycles. The first kappa shape index (κ1) is 10.4. The van der Waals surface area contributed by atoms with Gasteiger partial charge in [-0.05, 0) is 19.8 Å². The molecule has 0 spiro atoms. The molecular formula is C11H17N3O. The predicted octanol–water partition coefficient (Wildman–Crippen LogP) is 1.39. The van der Waals surface area contributed by atoms with Gasteiger partial charge in [-0.2, -0.15) is 4.98 Å². The number of aromatic nitrogens is 2. The molecule has 2 N–H and O–H groups in total. The van der Waals surface area contributed by atoms with E-state index in [-0.39, 0.29) is 6.04 Å². The Morgan fingerprint density at radius 2 is 2.20 bits per heavy atom. The minimum Gasteiger partial charge on any atom is -0.481 e. The van der Waals surface area contributed by atoms with Gasteiger partial charge in [-0.1, -0.05) is 6.42 Å². The molecule has 0 bridgehead atoms. The van der Waals surface area contributed by atoms with Crippen molar-refractivity contribution in [3.8, 4) is 5.88 Å². The maximum absolute atomic E-state index is 6.05. The van der Waals surface area contributed by atoms with Crippen molar-refractivity contribution >= 4 is 0 Å². The van der Waals surface area contributed by atoms with Gasteiger partial charge >= 0.3 is 0 Å². The molecule has 1 aromatic rings. The molecule has 0 saturated heterocycles. The Morgan fingerprint density at radius 3 is 2.80 bits per heavy atom. The summed E-state index contributed by atoms with van der Waals surface area (Å²) in [5, 5.41) is 0. The van der Waals surface area contributed by atoms with Gasteiger partial charge in [-0.25, -0.2) is 4.98 Å². The SMILES string of the molecule is COc1cc(C2CCCC2N)nc(C)n1. The van der Waals surface area contributed by atoms with Crippen LogP contribution in [-0.4, -0.2) is 23.1 Å². The van der Waals surface area contributed by atoms with Crippen molar-refractivity contribution in [1.82, 2.24) is 9.97 Å². The van der Waals surface area contributed by atoms with Crippen LogP contribution in [0.2, 0.25) is 0 Å². The standard InChI is InChI=1S/C11H17N3O/c1-7-13-10(6-11(14-7)15-2)8-4-3-5-9(8)12/h6,8-9H,3-5,12H2,1-2H3. The Morgan fingerprint density at radius 1 is 1.40 bits per heavy atom. The molecule has 1 saturated carbocycles. The van der Waals surface area contributed by atoms with Crippen molar-refractivity contribution in [3.63, 3.8) is 0 Å². The summed E-state index contributed by atoms with van der Waals surface area (Å²) in [5.74, 6) is 1.76. The molecule has 0 radical (unpaired) electrons. The maximum atomic E-state index is 6.05. The zero-order chi connectivity index (χ0) is 10.8. The number of aryl methyl sites for hydroxylation is 1. The van der Waals surface area contributed by atoms with E-state index < -0.39 is 0 Å². The monoisotopic (exact) mass is 207 g/mol. The summed E-state index contributed by atoms with van der Waals surface area (Å²) >= 11 is 0. The van der Waals surface area contributed by atoms with Gasteiger partial charge < -0.3 is 10.5 Å². The van der Waals surface area contributed by atoms with Crippen LogP contribution in [0.4, 0.5) is 0 Å². The molecule has 4 heteroatoms. The first-order valence-corrected chi connectivity index (χ1v) is 5.36. The fourth-order valence-electron chi connectivity index (χ4n) is 2.21. The summed E-state index contributed by atoms with van der Waals surface area (Å²) in [6.07, 6.45) is 3.41. The van der Waals surface area contributed by atoms with E-state index in [0.29, 0.717) is 11.8 Å². The lowest BCUT2D eigenvalue weighted by atomic mass is 10.00. The Kier molecular flexibility index (Phi) is 2.86. The van der Waals surface area contributed by atoms with Crippen LogP contribution < -0.4 is 10.5 Å². The van der Waals surface area contributed by atoms with E-state index in [9.17, 15) is 0 Å². The van der Waals surface area contributed by atoms with Crippen LogP contribution in [0.5, 0.6) is 5.88 Å². The van der Waals surface area contributed by atoms with Gasteiger partial charge in [-0.15, -0.1) is 0 Å². The highest BCUT2D eigenvalue weighted by Crippen LogP contribution is 2.33. The number of nitrogens with two attached hydrogens (primary N) is 1. The summed E-state index contributed by atoms with van der Waals surface area (Å²) < 4.78 is 5.14. The fraction of sp³-hybridized carbons (Fsp3) is 0.636. The molecule has 1 fully saturated rings. The van der Waals surface area contributed by atoms with E-state index >= 15 is 0 Å². The van der Waals surface area contributed by atoms with E-state index in [2.05, 4.69) is 9.97 Å². The van der Waals surface area contributed by atoms with E-state index in [0.717, 1.165) is 24.4 Å². The number of methoxy groups -OCH3 is 1. The molecule has 4 nitrogen and oxygen atoms in total. The lowest BCUT2D eigenvalue weighted by molar-refractivity contribution is 0.393. The highest BCUT2D eigenvalue weighted by Gasteiger charge is 2.27. The highest BCUT2D eigenvalue weighted by molar-refractivity contribution is 5.21. The van der Waals surface area contributed by atoms with Gasteiger partial charge in [-0.3, -0.25) is 0 Å². The average molecular weight is 207 g/mol. The average Bonchev–Trinajstić information content (AvgIpc) is 2.63. The number of hydrogen-bond donors (Lipinski definition) is 1. The molecule has 0 aliphatic heterocycles. The number of hydrogen-bond acceptors (Lipinski definition) is 4. The van der Waals surface area contributed by atoms with Crippen molar-refractivity contribution in [2.24, 2.45) is 5.73 Å². The molecule has 1 aliphatic carbocycles. The molecule has 2 unspecified atom stereocenters. The second-order valence-electron chi connectivity index (χ2n) is 4.08. The zero-order valence-corrected chi connectivity index (χ0v) is 9.23. The van der Waals surface area contributed by atoms with Gasteiger partial charge in [0.25, 0.3) is 0 Å². The number of ether oxygens (including phenoxy) is 1. The maximum Gasteiger partial charge on any atom is 0.216 e. The second-order valence-corrected chi connectivity index (χ2v) is 4.08. The van der Waals surface area contributed by atoms with Gasteiger partial charge in [0.15, 0.2) is 0 Å². The molecule has 1 aliphatic rings. The Bertz CT molecular complexity index is 354. The lowest BCUT2D eigenvalue weighted by Crippen LogP contribution is -2.23. The Balaban J connectivity index is 2.30. The fourth-order valence-corrected chi connectivity index (χ4v) is 2.21. The minimum absolute atomic E-state index is 0.240. The van der Waals surface area contributed by atoms with Crippen molar-refractivity contribution in [2.45, 2.75) is 38.1 Å². The summed E-state index contributed by atoms with van der Waals surface area (Å²) in [6, 6.07) is 2.15. The quantitative estimate of drug-likeness (QED) is 0.796. The van der Waals surface area contributed by atoms with Crippen molar-refractivity contribution < 1.29 is 4.74 Å².